The van der Waals surface area contributed by atoms with Gasteiger partial charge in [-0.25, -0.2) is 0 Å². The predicted molar refractivity (Wildman–Crippen MR) is 77.4 cm³/mol. The summed E-state index contributed by atoms with van der Waals surface area (Å²) in [5, 5.41) is 0.597. The van der Waals surface area contributed by atoms with Crippen molar-refractivity contribution in [2.24, 2.45) is 5.73 Å². The van der Waals surface area contributed by atoms with E-state index in [-0.39, 0.29) is 12.1 Å². The summed E-state index contributed by atoms with van der Waals surface area (Å²) in [6, 6.07) is 9.36. The third-order valence-electron chi connectivity index (χ3n) is 2.85. The van der Waals surface area contributed by atoms with Crippen LogP contribution in [0.25, 0.3) is 0 Å². The lowest BCUT2D eigenvalue weighted by Crippen LogP contribution is -2.29. The summed E-state index contributed by atoms with van der Waals surface area (Å²) >= 11 is 6.19. The standard InChI is InChI=1S/C15H17ClN2O/c1-10-3-4-14(13(16)9-10)19-15(11(2)17)12-5-7-18-8-6-12/h3-9,11,15H,17H2,1-2H3. The van der Waals surface area contributed by atoms with Gasteiger partial charge in [-0.3, -0.25) is 4.98 Å². The molecule has 1 aromatic heterocycles. The number of benzene rings is 1. The molecule has 2 atom stereocenters. The fourth-order valence-electron chi connectivity index (χ4n) is 1.87. The molecule has 0 aliphatic carbocycles. The second-order valence-electron chi connectivity index (χ2n) is 4.61. The molecule has 19 heavy (non-hydrogen) atoms. The van der Waals surface area contributed by atoms with Crippen molar-refractivity contribution in [2.75, 3.05) is 0 Å². The van der Waals surface area contributed by atoms with Crippen LogP contribution < -0.4 is 10.5 Å². The lowest BCUT2D eigenvalue weighted by molar-refractivity contribution is 0.180. The highest BCUT2D eigenvalue weighted by atomic mass is 35.5. The van der Waals surface area contributed by atoms with Crippen LogP contribution in [0.4, 0.5) is 0 Å². The van der Waals surface area contributed by atoms with E-state index in [9.17, 15) is 0 Å². The van der Waals surface area contributed by atoms with Crippen molar-refractivity contribution in [3.63, 3.8) is 0 Å². The normalized spacial score (nSPS) is 13.9. The van der Waals surface area contributed by atoms with Crippen LogP contribution in [0.2, 0.25) is 5.02 Å². The third kappa shape index (κ3) is 3.46. The van der Waals surface area contributed by atoms with Gasteiger partial charge in [0, 0.05) is 18.4 Å². The Labute approximate surface area is 118 Å². The topological polar surface area (TPSA) is 48.1 Å². The van der Waals surface area contributed by atoms with Gasteiger partial charge >= 0.3 is 0 Å². The summed E-state index contributed by atoms with van der Waals surface area (Å²) in [6.45, 7) is 3.90. The molecule has 1 heterocycles. The van der Waals surface area contributed by atoms with Crippen molar-refractivity contribution < 1.29 is 4.74 Å². The Balaban J connectivity index is 2.27. The van der Waals surface area contributed by atoms with Crippen LogP contribution in [0.1, 0.15) is 24.2 Å². The SMILES string of the molecule is Cc1ccc(OC(c2ccncc2)C(C)N)c(Cl)c1. The second kappa shape index (κ2) is 6.04. The van der Waals surface area contributed by atoms with E-state index in [0.717, 1.165) is 11.1 Å². The Hall–Kier alpha value is -1.58. The van der Waals surface area contributed by atoms with E-state index in [1.54, 1.807) is 12.4 Å². The minimum Gasteiger partial charge on any atom is -0.483 e. The molecule has 0 saturated heterocycles. The van der Waals surface area contributed by atoms with E-state index in [1.807, 2.05) is 44.2 Å². The highest BCUT2D eigenvalue weighted by Crippen LogP contribution is 2.30. The van der Waals surface area contributed by atoms with Crippen LogP contribution in [-0.4, -0.2) is 11.0 Å². The number of rotatable bonds is 4. The maximum atomic E-state index is 6.19. The van der Waals surface area contributed by atoms with E-state index in [2.05, 4.69) is 4.98 Å². The van der Waals surface area contributed by atoms with Crippen molar-refractivity contribution in [2.45, 2.75) is 26.0 Å². The highest BCUT2D eigenvalue weighted by Gasteiger charge is 2.19. The molecule has 0 aliphatic heterocycles. The van der Waals surface area contributed by atoms with Gasteiger partial charge in [0.1, 0.15) is 11.9 Å². The number of hydrogen-bond acceptors (Lipinski definition) is 3. The van der Waals surface area contributed by atoms with E-state index in [0.29, 0.717) is 10.8 Å². The quantitative estimate of drug-likeness (QED) is 0.930. The zero-order chi connectivity index (χ0) is 13.8. The molecule has 2 N–H and O–H groups in total. The van der Waals surface area contributed by atoms with Crippen LogP contribution in [0.5, 0.6) is 5.75 Å². The van der Waals surface area contributed by atoms with Gasteiger partial charge in [0.05, 0.1) is 5.02 Å². The molecule has 2 rings (SSSR count). The fourth-order valence-corrected chi connectivity index (χ4v) is 2.15. The van der Waals surface area contributed by atoms with Gasteiger partial charge in [0.2, 0.25) is 0 Å². The van der Waals surface area contributed by atoms with Gasteiger partial charge in [0.15, 0.2) is 0 Å². The minimum atomic E-state index is -0.247. The number of nitrogens with zero attached hydrogens (tertiary/aromatic N) is 1. The lowest BCUT2D eigenvalue weighted by atomic mass is 10.1. The van der Waals surface area contributed by atoms with Crippen molar-refractivity contribution in [1.82, 2.24) is 4.98 Å². The molecular weight excluding hydrogens is 260 g/mol. The van der Waals surface area contributed by atoms with Crippen molar-refractivity contribution in [3.05, 3.63) is 58.9 Å². The molecular formula is C15H17ClN2O. The van der Waals surface area contributed by atoms with Crippen LogP contribution in [-0.2, 0) is 0 Å². The molecule has 0 saturated carbocycles. The van der Waals surface area contributed by atoms with Gasteiger partial charge in [0.25, 0.3) is 0 Å². The number of pyridine rings is 1. The third-order valence-corrected chi connectivity index (χ3v) is 3.15. The minimum absolute atomic E-state index is 0.153. The zero-order valence-corrected chi connectivity index (χ0v) is 11.8. The van der Waals surface area contributed by atoms with E-state index < -0.39 is 0 Å². The molecule has 4 heteroatoms. The zero-order valence-electron chi connectivity index (χ0n) is 11.0. The first-order chi connectivity index (χ1) is 9.08. The van der Waals surface area contributed by atoms with Crippen molar-refractivity contribution in [3.8, 4) is 5.75 Å². The summed E-state index contributed by atoms with van der Waals surface area (Å²) in [5.74, 6) is 0.645. The fraction of sp³-hybridized carbons (Fsp3) is 0.267. The predicted octanol–water partition coefficient (Wildman–Crippen LogP) is 3.51. The first kappa shape index (κ1) is 13.8. The first-order valence-corrected chi connectivity index (χ1v) is 6.54. The largest absolute Gasteiger partial charge is 0.483 e. The molecule has 2 unspecified atom stereocenters. The smallest absolute Gasteiger partial charge is 0.139 e. The van der Waals surface area contributed by atoms with Gasteiger partial charge in [-0.05, 0) is 49.2 Å². The molecule has 3 nitrogen and oxygen atoms in total. The second-order valence-corrected chi connectivity index (χ2v) is 5.02. The Morgan fingerprint density at radius 2 is 1.89 bits per heavy atom. The Kier molecular flexibility index (Phi) is 4.40. The van der Waals surface area contributed by atoms with Crippen LogP contribution >= 0.6 is 11.6 Å². The maximum absolute atomic E-state index is 6.19. The first-order valence-electron chi connectivity index (χ1n) is 6.16. The summed E-state index contributed by atoms with van der Waals surface area (Å²) in [4.78, 5) is 4.00. The number of nitrogens with two attached hydrogens (primary N) is 1. The summed E-state index contributed by atoms with van der Waals surface area (Å²) in [6.07, 6.45) is 3.21. The maximum Gasteiger partial charge on any atom is 0.139 e. The molecule has 0 bridgehead atoms. The Morgan fingerprint density at radius 1 is 1.21 bits per heavy atom. The highest BCUT2D eigenvalue weighted by molar-refractivity contribution is 6.32. The number of aromatic nitrogens is 1. The van der Waals surface area contributed by atoms with Crippen LogP contribution in [0.15, 0.2) is 42.7 Å². The molecule has 0 radical (unpaired) electrons. The Bertz CT molecular complexity index is 543. The van der Waals surface area contributed by atoms with Crippen molar-refractivity contribution in [1.29, 1.82) is 0 Å². The molecule has 0 amide bonds. The monoisotopic (exact) mass is 276 g/mol. The number of ether oxygens (including phenoxy) is 1. The average Bonchev–Trinajstić information content (AvgIpc) is 2.38. The summed E-state index contributed by atoms with van der Waals surface area (Å²) in [5.41, 5.74) is 8.09. The number of hydrogen-bond donors (Lipinski definition) is 1. The van der Waals surface area contributed by atoms with Crippen molar-refractivity contribution >= 4 is 11.6 Å². The molecule has 0 aliphatic rings. The molecule has 0 spiro atoms. The Morgan fingerprint density at radius 3 is 2.47 bits per heavy atom. The van der Waals surface area contributed by atoms with Gasteiger partial charge < -0.3 is 10.5 Å². The van der Waals surface area contributed by atoms with Gasteiger partial charge in [-0.2, -0.15) is 0 Å². The van der Waals surface area contributed by atoms with E-state index in [1.165, 1.54) is 0 Å². The number of aryl methyl sites for hydroxylation is 1. The average molecular weight is 277 g/mol. The van der Waals surface area contributed by atoms with Crippen LogP contribution in [0, 0.1) is 6.92 Å². The molecule has 2 aromatic rings. The van der Waals surface area contributed by atoms with Gasteiger partial charge in [-0.1, -0.05) is 17.7 Å². The molecule has 0 fully saturated rings. The van der Waals surface area contributed by atoms with E-state index in [4.69, 9.17) is 22.1 Å². The van der Waals surface area contributed by atoms with E-state index >= 15 is 0 Å². The molecule has 1 aromatic carbocycles. The number of halogens is 1. The molecule has 100 valence electrons. The summed E-state index contributed by atoms with van der Waals surface area (Å²) < 4.78 is 5.96. The summed E-state index contributed by atoms with van der Waals surface area (Å²) in [7, 11) is 0. The van der Waals surface area contributed by atoms with Gasteiger partial charge in [-0.15, -0.1) is 0 Å². The lowest BCUT2D eigenvalue weighted by Gasteiger charge is -2.23. The van der Waals surface area contributed by atoms with Crippen LogP contribution in [0.3, 0.4) is 0 Å².